The Balaban J connectivity index is 2.13. The number of aliphatic carboxylic acids is 1. The van der Waals surface area contributed by atoms with Crippen molar-refractivity contribution < 1.29 is 28.9 Å². The number of hydrogen-bond donors (Lipinski definition) is 3. The van der Waals surface area contributed by atoms with Crippen molar-refractivity contribution in [2.75, 3.05) is 40.0 Å². The molecule has 1 fully saturated rings. The number of carboxylic acid groups (broad SMARTS) is 1. The van der Waals surface area contributed by atoms with Gasteiger partial charge in [-0.3, -0.25) is 4.79 Å². The first-order valence-electron chi connectivity index (χ1n) is 6.07. The van der Waals surface area contributed by atoms with Gasteiger partial charge in [0.05, 0.1) is 38.4 Å². The van der Waals surface area contributed by atoms with Crippen molar-refractivity contribution in [3.63, 3.8) is 0 Å². The quantitative estimate of drug-likeness (QED) is 0.561. The van der Waals surface area contributed by atoms with Gasteiger partial charge < -0.3 is 30.0 Å². The van der Waals surface area contributed by atoms with Gasteiger partial charge >= 0.3 is 12.0 Å². The van der Waals surface area contributed by atoms with Crippen LogP contribution >= 0.6 is 0 Å². The summed E-state index contributed by atoms with van der Waals surface area (Å²) < 4.78 is 15.5. The molecule has 0 saturated carbocycles. The normalized spacial score (nSPS) is 20.6. The van der Waals surface area contributed by atoms with Crippen LogP contribution in [0.1, 0.15) is 6.42 Å². The van der Waals surface area contributed by atoms with Gasteiger partial charge in [0, 0.05) is 20.2 Å². The Labute approximate surface area is 111 Å². The molecule has 0 aromatic rings. The molecule has 2 unspecified atom stereocenters. The lowest BCUT2D eigenvalue weighted by atomic mass is 10.2. The summed E-state index contributed by atoms with van der Waals surface area (Å²) in [6, 6.07) is -0.387. The first-order valence-corrected chi connectivity index (χ1v) is 6.07. The molecule has 8 heteroatoms. The number of hydrogen-bond acceptors (Lipinski definition) is 5. The number of carbonyl (C=O) groups is 2. The third kappa shape index (κ3) is 6.94. The Bertz CT molecular complexity index is 293. The lowest BCUT2D eigenvalue weighted by Crippen LogP contribution is -2.45. The fourth-order valence-corrected chi connectivity index (χ4v) is 1.56. The smallest absolute Gasteiger partial charge is 0.314 e. The van der Waals surface area contributed by atoms with Crippen molar-refractivity contribution in [1.29, 1.82) is 0 Å². The summed E-state index contributed by atoms with van der Waals surface area (Å²) in [5, 5.41) is 13.8. The van der Waals surface area contributed by atoms with E-state index in [1.165, 1.54) is 7.11 Å². The molecule has 1 rings (SSSR count). The van der Waals surface area contributed by atoms with E-state index in [1.54, 1.807) is 0 Å². The number of carbonyl (C=O) groups excluding carboxylic acids is 1. The SMILES string of the molecule is COC(CNC(=O)NCC1COCCO1)CC(=O)O. The number of rotatable bonds is 7. The van der Waals surface area contributed by atoms with Crippen molar-refractivity contribution in [1.82, 2.24) is 10.6 Å². The molecule has 0 bridgehead atoms. The van der Waals surface area contributed by atoms with E-state index in [4.69, 9.17) is 19.3 Å². The van der Waals surface area contributed by atoms with Crippen molar-refractivity contribution >= 4 is 12.0 Å². The van der Waals surface area contributed by atoms with Gasteiger partial charge in [-0.05, 0) is 0 Å². The van der Waals surface area contributed by atoms with E-state index in [2.05, 4.69) is 10.6 Å². The van der Waals surface area contributed by atoms with Gasteiger partial charge in [-0.25, -0.2) is 4.79 Å². The summed E-state index contributed by atoms with van der Waals surface area (Å²) in [6.07, 6.45) is -0.842. The minimum atomic E-state index is -0.971. The Hall–Kier alpha value is -1.38. The highest BCUT2D eigenvalue weighted by molar-refractivity contribution is 5.74. The average Bonchev–Trinajstić information content (AvgIpc) is 2.42. The maximum atomic E-state index is 11.5. The van der Waals surface area contributed by atoms with Gasteiger partial charge in [0.2, 0.25) is 0 Å². The third-order valence-corrected chi connectivity index (χ3v) is 2.60. The van der Waals surface area contributed by atoms with Gasteiger partial charge in [0.25, 0.3) is 0 Å². The molecule has 0 radical (unpaired) electrons. The summed E-state index contributed by atoms with van der Waals surface area (Å²) in [7, 11) is 1.40. The molecule has 0 spiro atoms. The lowest BCUT2D eigenvalue weighted by molar-refractivity contribution is -0.139. The average molecular weight is 276 g/mol. The van der Waals surface area contributed by atoms with Crippen molar-refractivity contribution in [3.05, 3.63) is 0 Å². The van der Waals surface area contributed by atoms with Gasteiger partial charge in [-0.15, -0.1) is 0 Å². The zero-order valence-electron chi connectivity index (χ0n) is 10.9. The molecular weight excluding hydrogens is 256 g/mol. The molecule has 3 N–H and O–H groups in total. The van der Waals surface area contributed by atoms with E-state index in [0.29, 0.717) is 26.4 Å². The third-order valence-electron chi connectivity index (χ3n) is 2.60. The molecule has 110 valence electrons. The number of carboxylic acids is 1. The van der Waals surface area contributed by atoms with E-state index in [0.717, 1.165) is 0 Å². The second kappa shape index (κ2) is 8.68. The molecule has 1 heterocycles. The van der Waals surface area contributed by atoms with Crippen LogP contribution in [0.5, 0.6) is 0 Å². The molecule has 0 aliphatic carbocycles. The molecule has 1 aliphatic rings. The van der Waals surface area contributed by atoms with E-state index in [-0.39, 0.29) is 25.1 Å². The number of methoxy groups -OCH3 is 1. The van der Waals surface area contributed by atoms with Crippen LogP contribution in [-0.2, 0) is 19.0 Å². The van der Waals surface area contributed by atoms with Crippen LogP contribution in [0.25, 0.3) is 0 Å². The van der Waals surface area contributed by atoms with E-state index in [9.17, 15) is 9.59 Å². The van der Waals surface area contributed by atoms with Crippen LogP contribution in [-0.4, -0.2) is 69.3 Å². The van der Waals surface area contributed by atoms with Gasteiger partial charge in [-0.1, -0.05) is 0 Å². The van der Waals surface area contributed by atoms with E-state index < -0.39 is 12.1 Å². The van der Waals surface area contributed by atoms with Crippen LogP contribution in [0.2, 0.25) is 0 Å². The minimum Gasteiger partial charge on any atom is -0.481 e. The van der Waals surface area contributed by atoms with E-state index in [1.807, 2.05) is 0 Å². The highest BCUT2D eigenvalue weighted by Gasteiger charge is 2.16. The first-order chi connectivity index (χ1) is 9.11. The second-order valence-electron chi connectivity index (χ2n) is 4.11. The van der Waals surface area contributed by atoms with Crippen molar-refractivity contribution in [3.8, 4) is 0 Å². The summed E-state index contributed by atoms with van der Waals surface area (Å²) in [5.74, 6) is -0.971. The lowest BCUT2D eigenvalue weighted by Gasteiger charge is -2.23. The van der Waals surface area contributed by atoms with Crippen LogP contribution in [0.3, 0.4) is 0 Å². The maximum Gasteiger partial charge on any atom is 0.314 e. The van der Waals surface area contributed by atoms with Gasteiger partial charge in [0.15, 0.2) is 0 Å². The highest BCUT2D eigenvalue weighted by Crippen LogP contribution is 1.99. The Morgan fingerprint density at radius 3 is 2.79 bits per heavy atom. The zero-order valence-corrected chi connectivity index (χ0v) is 10.9. The molecule has 0 aromatic carbocycles. The van der Waals surface area contributed by atoms with Crippen LogP contribution in [0, 0.1) is 0 Å². The topological polar surface area (TPSA) is 106 Å². The molecular formula is C11H20N2O6. The molecule has 19 heavy (non-hydrogen) atoms. The highest BCUT2D eigenvalue weighted by atomic mass is 16.6. The second-order valence-corrected chi connectivity index (χ2v) is 4.11. The standard InChI is InChI=1S/C11H20N2O6/c1-17-8(4-10(14)15)5-12-11(16)13-6-9-7-18-2-3-19-9/h8-9H,2-7H2,1H3,(H,14,15)(H2,12,13,16). The van der Waals surface area contributed by atoms with Crippen LogP contribution in [0.15, 0.2) is 0 Å². The molecule has 1 saturated heterocycles. The Morgan fingerprint density at radius 1 is 1.42 bits per heavy atom. The monoisotopic (exact) mass is 276 g/mol. The summed E-state index contributed by atoms with van der Waals surface area (Å²) in [5.41, 5.74) is 0. The Kier molecular flexibility index (Phi) is 7.16. The fraction of sp³-hybridized carbons (Fsp3) is 0.818. The predicted molar refractivity (Wildman–Crippen MR) is 65.0 cm³/mol. The summed E-state index contributed by atoms with van der Waals surface area (Å²) in [4.78, 5) is 22.0. The van der Waals surface area contributed by atoms with E-state index >= 15 is 0 Å². The Morgan fingerprint density at radius 2 is 2.21 bits per heavy atom. The molecule has 2 amide bonds. The number of ether oxygens (including phenoxy) is 3. The molecule has 8 nitrogen and oxygen atoms in total. The zero-order chi connectivity index (χ0) is 14.1. The maximum absolute atomic E-state index is 11.5. The van der Waals surface area contributed by atoms with Gasteiger partial charge in [-0.2, -0.15) is 0 Å². The number of amides is 2. The van der Waals surface area contributed by atoms with Crippen molar-refractivity contribution in [2.45, 2.75) is 18.6 Å². The number of nitrogens with one attached hydrogen (secondary N) is 2. The summed E-state index contributed by atoms with van der Waals surface area (Å²) in [6.45, 7) is 2.05. The molecule has 2 atom stereocenters. The fourth-order valence-electron chi connectivity index (χ4n) is 1.56. The van der Waals surface area contributed by atoms with Gasteiger partial charge in [0.1, 0.15) is 0 Å². The summed E-state index contributed by atoms with van der Waals surface area (Å²) >= 11 is 0. The van der Waals surface area contributed by atoms with Crippen LogP contribution < -0.4 is 10.6 Å². The number of urea groups is 1. The van der Waals surface area contributed by atoms with Crippen molar-refractivity contribution in [2.24, 2.45) is 0 Å². The molecule has 0 aromatic heterocycles. The largest absolute Gasteiger partial charge is 0.481 e. The molecule has 1 aliphatic heterocycles. The first kappa shape index (κ1) is 15.7. The minimum absolute atomic E-state index is 0.136. The van der Waals surface area contributed by atoms with Crippen LogP contribution in [0.4, 0.5) is 4.79 Å². The predicted octanol–water partition coefficient (Wildman–Crippen LogP) is -0.809.